The lowest BCUT2D eigenvalue weighted by molar-refractivity contribution is -0.183. The van der Waals surface area contributed by atoms with Crippen molar-refractivity contribution < 1.29 is 23.4 Å². The van der Waals surface area contributed by atoms with Crippen LogP contribution in [-0.4, -0.2) is 51.4 Å². The van der Waals surface area contributed by atoms with Gasteiger partial charge in [0.15, 0.2) is 8.32 Å². The molecule has 0 spiro atoms. The van der Waals surface area contributed by atoms with Crippen molar-refractivity contribution in [3.05, 3.63) is 0 Å². The summed E-state index contributed by atoms with van der Waals surface area (Å²) in [6, 6.07) is 2.35. The first kappa shape index (κ1) is 28.3. The summed E-state index contributed by atoms with van der Waals surface area (Å²) in [4.78, 5) is 12.0. The minimum absolute atomic E-state index is 0.0121. The molecule has 2 fully saturated rings. The summed E-state index contributed by atoms with van der Waals surface area (Å²) in [7, 11) is -1.94. The van der Waals surface area contributed by atoms with E-state index in [9.17, 15) is 10.1 Å². The van der Waals surface area contributed by atoms with E-state index in [2.05, 4.69) is 39.9 Å². The predicted octanol–water partition coefficient (Wildman–Crippen LogP) is 6.00. The van der Waals surface area contributed by atoms with Gasteiger partial charge >= 0.3 is 5.97 Å². The average Bonchev–Trinajstić information content (AvgIpc) is 3.06. The van der Waals surface area contributed by atoms with Gasteiger partial charge in [0, 0.05) is 12.3 Å². The van der Waals surface area contributed by atoms with Gasteiger partial charge in [-0.25, -0.2) is 0 Å². The van der Waals surface area contributed by atoms with Crippen LogP contribution < -0.4 is 0 Å². The number of rotatable bonds is 9. The molecule has 33 heavy (non-hydrogen) atoms. The second-order valence-corrected chi connectivity index (χ2v) is 17.5. The molecule has 2 saturated heterocycles. The molecule has 2 heterocycles. The minimum Gasteiger partial charge on any atom is -0.465 e. The largest absolute Gasteiger partial charge is 0.465 e. The second kappa shape index (κ2) is 10.8. The Labute approximate surface area is 202 Å². The molecule has 5 atom stereocenters. The van der Waals surface area contributed by atoms with Crippen LogP contribution >= 0.6 is 0 Å². The monoisotopic (exact) mass is 481 g/mol. The first-order valence-corrected chi connectivity index (χ1v) is 15.5. The maximum Gasteiger partial charge on any atom is 0.311 e. The number of carbonyl (C=O) groups excluding carboxylic acids is 1. The number of fused-ring (bicyclic) bond motifs is 1. The van der Waals surface area contributed by atoms with Crippen LogP contribution in [0.2, 0.25) is 18.1 Å². The first-order valence-electron chi connectivity index (χ1n) is 12.6. The van der Waals surface area contributed by atoms with E-state index in [1.807, 2.05) is 27.7 Å². The Bertz CT molecular complexity index is 705. The van der Waals surface area contributed by atoms with Gasteiger partial charge in [0.25, 0.3) is 0 Å². The summed E-state index contributed by atoms with van der Waals surface area (Å²) in [5.41, 5.74) is -0.937. The smallest absolute Gasteiger partial charge is 0.311 e. The Morgan fingerprint density at radius 2 is 1.85 bits per heavy atom. The molecule has 0 aromatic carbocycles. The van der Waals surface area contributed by atoms with Crippen LogP contribution in [0.25, 0.3) is 0 Å². The number of ether oxygens (including phenoxy) is 3. The third-order valence-electron chi connectivity index (χ3n) is 7.51. The molecule has 2 aliphatic rings. The van der Waals surface area contributed by atoms with E-state index in [1.54, 1.807) is 0 Å². The molecule has 2 rings (SSSR count). The molecule has 0 bridgehead atoms. The minimum atomic E-state index is -1.94. The summed E-state index contributed by atoms with van der Waals surface area (Å²) in [5, 5.41) is 9.41. The number of nitrogens with zero attached hydrogens (tertiary/aromatic N) is 1. The molecule has 4 unspecified atom stereocenters. The van der Waals surface area contributed by atoms with Gasteiger partial charge in [0.2, 0.25) is 0 Å². The highest BCUT2D eigenvalue weighted by molar-refractivity contribution is 6.74. The maximum absolute atomic E-state index is 12.0. The van der Waals surface area contributed by atoms with Crippen LogP contribution in [0.3, 0.4) is 0 Å². The van der Waals surface area contributed by atoms with Crippen molar-refractivity contribution in [2.24, 2.45) is 11.3 Å². The fourth-order valence-corrected chi connectivity index (χ4v) is 5.32. The van der Waals surface area contributed by atoms with Crippen LogP contribution in [0, 0.1) is 22.7 Å². The lowest BCUT2D eigenvalue weighted by Gasteiger charge is -2.45. The van der Waals surface area contributed by atoms with Crippen molar-refractivity contribution in [1.82, 2.24) is 0 Å². The van der Waals surface area contributed by atoms with E-state index in [1.165, 1.54) is 0 Å². The molecule has 0 aliphatic carbocycles. The van der Waals surface area contributed by atoms with Gasteiger partial charge in [0.05, 0.1) is 43.0 Å². The molecule has 2 aliphatic heterocycles. The first-order chi connectivity index (χ1) is 15.1. The normalized spacial score (nSPS) is 29.3. The topological polar surface area (TPSA) is 77.8 Å². The Morgan fingerprint density at radius 3 is 2.42 bits per heavy atom. The third-order valence-corrected chi connectivity index (χ3v) is 12.0. The van der Waals surface area contributed by atoms with Gasteiger partial charge in [-0.15, -0.1) is 0 Å². The number of nitriles is 1. The van der Waals surface area contributed by atoms with Crippen molar-refractivity contribution in [1.29, 1.82) is 5.26 Å². The Hall–Kier alpha value is -0.943. The van der Waals surface area contributed by atoms with Gasteiger partial charge in [-0.2, -0.15) is 5.26 Å². The van der Waals surface area contributed by atoms with Crippen molar-refractivity contribution in [2.45, 2.75) is 129 Å². The van der Waals surface area contributed by atoms with E-state index >= 15 is 0 Å². The summed E-state index contributed by atoms with van der Waals surface area (Å²) in [6.07, 6.45) is 5.12. The van der Waals surface area contributed by atoms with Crippen molar-refractivity contribution in [2.75, 3.05) is 13.2 Å². The molecular weight excluding hydrogens is 434 g/mol. The number of hydrogen-bond donors (Lipinski definition) is 0. The second-order valence-electron chi connectivity index (χ2n) is 12.7. The predicted molar refractivity (Wildman–Crippen MR) is 132 cm³/mol. The number of esters is 1. The molecule has 7 heteroatoms. The molecule has 0 radical (unpaired) electrons. The van der Waals surface area contributed by atoms with Gasteiger partial charge in [-0.3, -0.25) is 4.79 Å². The lowest BCUT2D eigenvalue weighted by Crippen LogP contribution is -2.55. The van der Waals surface area contributed by atoms with Crippen molar-refractivity contribution in [3.8, 4) is 6.07 Å². The molecule has 0 aromatic rings. The fourth-order valence-electron chi connectivity index (χ4n) is 4.28. The van der Waals surface area contributed by atoms with Crippen LogP contribution in [0.4, 0.5) is 0 Å². The van der Waals surface area contributed by atoms with Gasteiger partial charge in [-0.05, 0) is 77.9 Å². The molecule has 0 N–H and O–H groups in total. The quantitative estimate of drug-likeness (QED) is 0.228. The van der Waals surface area contributed by atoms with Gasteiger partial charge < -0.3 is 18.6 Å². The molecule has 190 valence electrons. The van der Waals surface area contributed by atoms with Crippen LogP contribution in [0.5, 0.6) is 0 Å². The van der Waals surface area contributed by atoms with Gasteiger partial charge in [-0.1, -0.05) is 20.8 Å². The summed E-state index contributed by atoms with van der Waals surface area (Å²) in [5.74, 6) is -0.193. The SMILES string of the molecule is C[C@@H](C#N)CC1CCC2OC(CCCOC(=O)C(C)(C)C)CC2(CO[Si](C)(C)C(C)(C)C)O1. The van der Waals surface area contributed by atoms with Crippen molar-refractivity contribution in [3.63, 3.8) is 0 Å². The number of carbonyl (C=O) groups is 1. The lowest BCUT2D eigenvalue weighted by atomic mass is 9.85. The zero-order valence-corrected chi connectivity index (χ0v) is 23.5. The Kier molecular flexibility index (Phi) is 9.23. The Morgan fingerprint density at radius 1 is 1.18 bits per heavy atom. The van der Waals surface area contributed by atoms with Gasteiger partial charge in [0.1, 0.15) is 5.60 Å². The highest BCUT2D eigenvalue weighted by Gasteiger charge is 2.54. The summed E-state index contributed by atoms with van der Waals surface area (Å²) in [6.45, 7) is 19.8. The van der Waals surface area contributed by atoms with Crippen molar-refractivity contribution >= 4 is 14.3 Å². The van der Waals surface area contributed by atoms with E-state index < -0.39 is 19.3 Å². The summed E-state index contributed by atoms with van der Waals surface area (Å²) >= 11 is 0. The van der Waals surface area contributed by atoms with E-state index in [-0.39, 0.29) is 35.2 Å². The van der Waals surface area contributed by atoms with E-state index in [0.717, 1.165) is 38.5 Å². The standard InChI is InChI=1S/C26H47NO5Si/c1-19(17-27)15-20-12-13-22-26(32-20,18-30-33(8,9)25(5,6)7)16-21(31-22)11-10-14-29-23(28)24(2,3)4/h19-22H,10-16,18H2,1-9H3/t19-,20?,21?,22?,26?/m1/s1. The zero-order valence-electron chi connectivity index (χ0n) is 22.5. The van der Waals surface area contributed by atoms with Crippen LogP contribution in [0.15, 0.2) is 0 Å². The van der Waals surface area contributed by atoms with E-state index in [4.69, 9.17) is 18.6 Å². The van der Waals surface area contributed by atoms with Crippen LogP contribution in [-0.2, 0) is 23.4 Å². The molecule has 0 saturated carbocycles. The molecule has 0 amide bonds. The zero-order chi connectivity index (χ0) is 25.1. The average molecular weight is 482 g/mol. The Balaban J connectivity index is 2.04. The van der Waals surface area contributed by atoms with Crippen LogP contribution in [0.1, 0.15) is 87.0 Å². The number of hydrogen-bond acceptors (Lipinski definition) is 6. The maximum atomic E-state index is 12.0. The highest BCUT2D eigenvalue weighted by atomic mass is 28.4. The summed E-state index contributed by atoms with van der Waals surface area (Å²) < 4.78 is 25.3. The third kappa shape index (κ3) is 7.52. The molecule has 6 nitrogen and oxygen atoms in total. The molecular formula is C26H47NO5Si. The highest BCUT2D eigenvalue weighted by Crippen LogP contribution is 2.46. The molecule has 0 aromatic heterocycles. The van der Waals surface area contributed by atoms with E-state index in [0.29, 0.717) is 13.2 Å². The fraction of sp³-hybridized carbons (Fsp3) is 0.923.